The summed E-state index contributed by atoms with van der Waals surface area (Å²) in [5, 5.41) is 8.72. The molecule has 106 valence electrons. The van der Waals surface area contributed by atoms with Gasteiger partial charge in [0.15, 0.2) is 0 Å². The monoisotopic (exact) mass is 280 g/mol. The maximum absolute atomic E-state index is 12.1. The second-order valence-corrected chi connectivity index (χ2v) is 4.94. The molecule has 0 fully saturated rings. The van der Waals surface area contributed by atoms with Crippen LogP contribution in [0, 0.1) is 11.2 Å². The van der Waals surface area contributed by atoms with Crippen LogP contribution in [0.2, 0.25) is 0 Å². The molecule has 0 spiro atoms. The van der Waals surface area contributed by atoms with E-state index in [1.807, 2.05) is 37.3 Å². The number of pyridine rings is 1. The quantitative estimate of drug-likeness (QED) is 0.614. The number of rotatable bonds is 5. The Labute approximate surface area is 124 Å². The lowest BCUT2D eigenvalue weighted by molar-refractivity contribution is -0.527. The molecule has 1 unspecified atom stereocenters. The zero-order valence-electron chi connectivity index (χ0n) is 12.1. The normalized spacial score (nSPS) is 11.4. The Morgan fingerprint density at radius 1 is 1.29 bits per heavy atom. The molecule has 2 aromatic rings. The van der Waals surface area contributed by atoms with E-state index >= 15 is 0 Å². The van der Waals surface area contributed by atoms with Crippen molar-refractivity contribution < 1.29 is 9.27 Å². The van der Waals surface area contributed by atoms with Crippen LogP contribution in [0.5, 0.6) is 0 Å². The minimum absolute atomic E-state index is 0.0125. The van der Waals surface area contributed by atoms with E-state index in [2.05, 4.69) is 16.8 Å². The number of nitrogens with one attached hydrogen (secondary N) is 2. The first-order chi connectivity index (χ1) is 10.2. The van der Waals surface area contributed by atoms with Crippen molar-refractivity contribution in [1.82, 2.24) is 10.9 Å². The zero-order chi connectivity index (χ0) is 15.1. The summed E-state index contributed by atoms with van der Waals surface area (Å²) in [6.07, 6.45) is 3.51. The average molecular weight is 280 g/mol. The largest absolute Gasteiger partial charge is 0.419 e. The summed E-state index contributed by atoms with van der Waals surface area (Å²) in [6.45, 7) is 1.97. The molecule has 1 aromatic carbocycles. The first kappa shape index (κ1) is 14.8. The Balaban J connectivity index is 1.96. The topological polar surface area (TPSA) is 68.8 Å². The van der Waals surface area contributed by atoms with Crippen LogP contribution in [-0.2, 0) is 0 Å². The van der Waals surface area contributed by atoms with Gasteiger partial charge in [0.2, 0.25) is 0 Å². The molecular weight excluding hydrogens is 263 g/mol. The maximum atomic E-state index is 12.1. The van der Waals surface area contributed by atoms with Crippen LogP contribution in [0.25, 0.3) is 0 Å². The Hall–Kier alpha value is -2.65. The third-order valence-electron chi connectivity index (χ3n) is 3.26. The summed E-state index contributed by atoms with van der Waals surface area (Å²) in [7, 11) is -0.882. The van der Waals surface area contributed by atoms with E-state index in [1.54, 1.807) is 29.0 Å². The van der Waals surface area contributed by atoms with Crippen LogP contribution >= 0.6 is 0 Å². The van der Waals surface area contributed by atoms with Crippen LogP contribution in [0.1, 0.15) is 28.9 Å². The van der Waals surface area contributed by atoms with Crippen LogP contribution in [0.15, 0.2) is 54.9 Å². The number of aromatic nitrogens is 1. The van der Waals surface area contributed by atoms with Crippen LogP contribution in [-0.4, -0.2) is 13.3 Å². The number of nitrogens with zero attached hydrogens (tertiary/aromatic N) is 2. The SMILES string of the molecule is CC(NNC(=O)c1ccc[n+]([BH2-]C#N)c1)c1ccccc1. The number of nitriles is 1. The number of hydrogen-bond acceptors (Lipinski definition) is 3. The van der Waals surface area contributed by atoms with E-state index < -0.39 is 7.41 Å². The van der Waals surface area contributed by atoms with Crippen molar-refractivity contribution in [3.05, 3.63) is 66.0 Å². The smallest absolute Gasteiger partial charge is 0.349 e. The third kappa shape index (κ3) is 4.16. The van der Waals surface area contributed by atoms with Crippen molar-refractivity contribution in [2.75, 3.05) is 0 Å². The van der Waals surface area contributed by atoms with Gasteiger partial charge in [-0.3, -0.25) is 10.2 Å². The Bertz CT molecular complexity index is 654. The molecular formula is C15H17BN4O. The lowest BCUT2D eigenvalue weighted by Crippen LogP contribution is -2.42. The molecule has 0 aliphatic rings. The third-order valence-corrected chi connectivity index (χ3v) is 3.26. The number of carbonyl (C=O) groups excluding carboxylic acids is 1. The highest BCUT2D eigenvalue weighted by Gasteiger charge is 2.10. The van der Waals surface area contributed by atoms with Gasteiger partial charge in [0.05, 0.1) is 5.56 Å². The molecule has 0 saturated heterocycles. The fourth-order valence-corrected chi connectivity index (χ4v) is 2.05. The summed E-state index contributed by atoms with van der Waals surface area (Å²) in [6, 6.07) is 13.4. The molecule has 1 aromatic heterocycles. The van der Waals surface area contributed by atoms with E-state index in [9.17, 15) is 4.79 Å². The number of amides is 1. The highest BCUT2D eigenvalue weighted by Crippen LogP contribution is 2.09. The number of hydrazine groups is 1. The minimum atomic E-state index is -0.882. The maximum Gasteiger partial charge on any atom is 0.349 e. The molecule has 2 rings (SSSR count). The highest BCUT2D eigenvalue weighted by atomic mass is 16.2. The molecule has 0 saturated carbocycles. The summed E-state index contributed by atoms with van der Waals surface area (Å²) >= 11 is 0. The van der Waals surface area contributed by atoms with Crippen molar-refractivity contribution in [2.45, 2.75) is 13.0 Å². The summed E-state index contributed by atoms with van der Waals surface area (Å²) in [5.74, 6) is 1.95. The second-order valence-electron chi connectivity index (χ2n) is 4.94. The predicted molar refractivity (Wildman–Crippen MR) is 81.7 cm³/mol. The van der Waals surface area contributed by atoms with Gasteiger partial charge < -0.3 is 4.48 Å². The average Bonchev–Trinajstić information content (AvgIpc) is 2.53. The van der Waals surface area contributed by atoms with Gasteiger partial charge in [0, 0.05) is 6.04 Å². The number of benzene rings is 1. The molecule has 0 radical (unpaired) electrons. The van der Waals surface area contributed by atoms with Crippen molar-refractivity contribution >= 4 is 13.3 Å². The van der Waals surface area contributed by atoms with Crippen molar-refractivity contribution in [3.8, 4) is 5.97 Å². The van der Waals surface area contributed by atoms with Crippen molar-refractivity contribution in [2.24, 2.45) is 0 Å². The number of hydrogen-bond donors (Lipinski definition) is 2. The van der Waals surface area contributed by atoms with Gasteiger partial charge in [0.1, 0.15) is 12.4 Å². The fourth-order valence-electron chi connectivity index (χ4n) is 2.05. The van der Waals surface area contributed by atoms with Crippen LogP contribution in [0.3, 0.4) is 0 Å². The van der Waals surface area contributed by atoms with Crippen molar-refractivity contribution in [3.63, 3.8) is 0 Å². The van der Waals surface area contributed by atoms with E-state index in [0.717, 1.165) is 5.56 Å². The first-order valence-electron chi connectivity index (χ1n) is 6.95. The Morgan fingerprint density at radius 3 is 2.76 bits per heavy atom. The van der Waals surface area contributed by atoms with Gasteiger partial charge in [-0.1, -0.05) is 36.3 Å². The molecule has 1 heterocycles. The predicted octanol–water partition coefficient (Wildman–Crippen LogP) is 0.383. The standard InChI is InChI=1S/C15H17BN4O/c1-12(13-6-3-2-4-7-13)18-19-15(21)14-8-5-9-20(10-14)16-11-17/h2-10,12,18H,16H2,1H3,(H,19,21). The molecule has 6 heteroatoms. The van der Waals surface area contributed by atoms with Crippen LogP contribution in [0.4, 0.5) is 0 Å². The molecule has 0 bridgehead atoms. The lowest BCUT2D eigenvalue weighted by atomic mass is 9.98. The van der Waals surface area contributed by atoms with Gasteiger partial charge in [-0.05, 0) is 24.6 Å². The van der Waals surface area contributed by atoms with Crippen LogP contribution < -0.4 is 15.3 Å². The summed E-state index contributed by atoms with van der Waals surface area (Å²) < 4.78 is 1.79. The molecule has 21 heavy (non-hydrogen) atoms. The Morgan fingerprint density at radius 2 is 2.05 bits per heavy atom. The van der Waals surface area contributed by atoms with Gasteiger partial charge in [0.25, 0.3) is 5.91 Å². The molecule has 1 amide bonds. The van der Waals surface area contributed by atoms with E-state index in [-0.39, 0.29) is 11.9 Å². The Kier molecular flexibility index (Phi) is 5.07. The minimum Gasteiger partial charge on any atom is -0.419 e. The molecule has 0 aliphatic carbocycles. The molecule has 1 atom stereocenters. The van der Waals surface area contributed by atoms with Gasteiger partial charge in [-0.15, -0.1) is 0 Å². The first-order valence-corrected chi connectivity index (χ1v) is 6.95. The van der Waals surface area contributed by atoms with Gasteiger partial charge >= 0.3 is 7.41 Å². The second kappa shape index (κ2) is 7.22. The fraction of sp³-hybridized carbons (Fsp3) is 0.133. The summed E-state index contributed by atoms with van der Waals surface area (Å²) in [5.41, 5.74) is 7.31. The van der Waals surface area contributed by atoms with E-state index in [4.69, 9.17) is 5.26 Å². The van der Waals surface area contributed by atoms with Gasteiger partial charge in [-0.2, -0.15) is 0 Å². The lowest BCUT2D eigenvalue weighted by Gasteiger charge is -2.15. The number of carbonyl (C=O) groups is 1. The van der Waals surface area contributed by atoms with Gasteiger partial charge in [-0.25, -0.2) is 10.7 Å². The summed E-state index contributed by atoms with van der Waals surface area (Å²) in [4.78, 5) is 12.1. The van der Waals surface area contributed by atoms with E-state index in [0.29, 0.717) is 5.56 Å². The molecule has 0 aliphatic heterocycles. The van der Waals surface area contributed by atoms with Crippen molar-refractivity contribution in [1.29, 1.82) is 5.26 Å². The van der Waals surface area contributed by atoms with E-state index in [1.165, 1.54) is 0 Å². The zero-order valence-corrected chi connectivity index (χ0v) is 12.1. The highest BCUT2D eigenvalue weighted by molar-refractivity contribution is 6.35. The molecule has 2 N–H and O–H groups in total. The molecule has 5 nitrogen and oxygen atoms in total.